The summed E-state index contributed by atoms with van der Waals surface area (Å²) in [6.45, 7) is 5.41. The van der Waals surface area contributed by atoms with E-state index in [9.17, 15) is 4.79 Å². The van der Waals surface area contributed by atoms with E-state index in [0.29, 0.717) is 31.0 Å². The van der Waals surface area contributed by atoms with Crippen LogP contribution in [0.2, 0.25) is 0 Å². The van der Waals surface area contributed by atoms with Gasteiger partial charge in [-0.3, -0.25) is 4.79 Å². The fourth-order valence-electron chi connectivity index (χ4n) is 2.48. The summed E-state index contributed by atoms with van der Waals surface area (Å²) in [4.78, 5) is 13.8. The van der Waals surface area contributed by atoms with E-state index in [1.165, 1.54) is 5.56 Å². The van der Waals surface area contributed by atoms with Crippen molar-refractivity contribution in [2.45, 2.75) is 39.5 Å². The highest BCUT2D eigenvalue weighted by molar-refractivity contribution is 5.76. The normalized spacial score (nSPS) is 10.6. The van der Waals surface area contributed by atoms with Gasteiger partial charge in [0.15, 0.2) is 0 Å². The second kappa shape index (κ2) is 9.05. The largest absolute Gasteiger partial charge is 0.497 e. The third kappa shape index (κ3) is 5.08. The summed E-state index contributed by atoms with van der Waals surface area (Å²) in [5, 5.41) is 8.09. The predicted molar refractivity (Wildman–Crippen MR) is 90.9 cm³/mol. The lowest BCUT2D eigenvalue weighted by Crippen LogP contribution is -2.30. The Hall–Kier alpha value is -2.37. The number of aryl methyl sites for hydroxylation is 3. The number of rotatable bonds is 9. The minimum Gasteiger partial charge on any atom is -0.497 e. The average Bonchev–Trinajstić information content (AvgIpc) is 3.07. The van der Waals surface area contributed by atoms with E-state index in [2.05, 4.69) is 10.2 Å². The van der Waals surface area contributed by atoms with Crippen LogP contribution >= 0.6 is 0 Å². The minimum atomic E-state index is 0.123. The first-order valence-corrected chi connectivity index (χ1v) is 8.38. The highest BCUT2D eigenvalue weighted by atomic mass is 16.5. The zero-order chi connectivity index (χ0) is 17.4. The molecule has 2 aromatic rings. The fourth-order valence-corrected chi connectivity index (χ4v) is 2.48. The number of carbonyl (C=O) groups is 1. The van der Waals surface area contributed by atoms with Crippen molar-refractivity contribution >= 4 is 5.91 Å². The maximum absolute atomic E-state index is 12.0. The smallest absolute Gasteiger partial charge is 0.223 e. The van der Waals surface area contributed by atoms with Crippen LogP contribution in [0.3, 0.4) is 0 Å². The van der Waals surface area contributed by atoms with E-state index in [-0.39, 0.29) is 5.91 Å². The van der Waals surface area contributed by atoms with E-state index in [1.807, 2.05) is 38.1 Å². The third-order valence-corrected chi connectivity index (χ3v) is 3.96. The van der Waals surface area contributed by atoms with Crippen molar-refractivity contribution in [3.05, 3.63) is 41.6 Å². The molecule has 0 aliphatic rings. The minimum absolute atomic E-state index is 0.123. The van der Waals surface area contributed by atoms with Gasteiger partial charge in [-0.1, -0.05) is 12.1 Å². The molecule has 1 amide bonds. The maximum atomic E-state index is 12.0. The quantitative estimate of drug-likeness (QED) is 0.706. The topological polar surface area (TPSA) is 68.5 Å². The van der Waals surface area contributed by atoms with Crippen LogP contribution in [-0.2, 0) is 24.1 Å². The van der Waals surface area contributed by atoms with Gasteiger partial charge in [-0.05, 0) is 38.0 Å². The average molecular weight is 331 g/mol. The molecule has 0 bridgehead atoms. The molecule has 0 unspecified atom stereocenters. The van der Waals surface area contributed by atoms with Crippen molar-refractivity contribution in [3.8, 4) is 5.75 Å². The van der Waals surface area contributed by atoms with Crippen molar-refractivity contribution in [2.75, 3.05) is 20.2 Å². The Labute approximate surface area is 142 Å². The molecule has 2 rings (SSSR count). The van der Waals surface area contributed by atoms with Crippen LogP contribution < -0.4 is 4.74 Å². The molecule has 0 saturated carbocycles. The summed E-state index contributed by atoms with van der Waals surface area (Å²) >= 11 is 0. The summed E-state index contributed by atoms with van der Waals surface area (Å²) in [6.07, 6.45) is 2.40. The molecule has 0 aliphatic heterocycles. The SMILES string of the molecule is CCN(CC)C(=O)CCc1nnc(CCc2ccc(OC)cc2)o1. The second-order valence-electron chi connectivity index (χ2n) is 5.50. The molecule has 0 atom stereocenters. The molecule has 6 heteroatoms. The van der Waals surface area contributed by atoms with Gasteiger partial charge in [0.05, 0.1) is 7.11 Å². The number of ether oxygens (including phenoxy) is 1. The van der Waals surface area contributed by atoms with Crippen LogP contribution in [0.25, 0.3) is 0 Å². The summed E-state index contributed by atoms with van der Waals surface area (Å²) in [5.41, 5.74) is 1.19. The highest BCUT2D eigenvalue weighted by Gasteiger charge is 2.12. The third-order valence-electron chi connectivity index (χ3n) is 3.96. The Morgan fingerprint density at radius 1 is 1.04 bits per heavy atom. The number of hydrogen-bond donors (Lipinski definition) is 0. The molecule has 0 saturated heterocycles. The maximum Gasteiger partial charge on any atom is 0.223 e. The van der Waals surface area contributed by atoms with Crippen LogP contribution in [0.15, 0.2) is 28.7 Å². The van der Waals surface area contributed by atoms with E-state index in [0.717, 1.165) is 25.3 Å². The zero-order valence-corrected chi connectivity index (χ0v) is 14.6. The number of hydrogen-bond acceptors (Lipinski definition) is 5. The molecule has 6 nitrogen and oxygen atoms in total. The van der Waals surface area contributed by atoms with Gasteiger partial charge in [0, 0.05) is 32.4 Å². The van der Waals surface area contributed by atoms with Crippen LogP contribution in [-0.4, -0.2) is 41.2 Å². The van der Waals surface area contributed by atoms with Gasteiger partial charge in [0.25, 0.3) is 0 Å². The second-order valence-corrected chi connectivity index (χ2v) is 5.50. The van der Waals surface area contributed by atoms with E-state index >= 15 is 0 Å². The zero-order valence-electron chi connectivity index (χ0n) is 14.6. The Balaban J connectivity index is 1.81. The lowest BCUT2D eigenvalue weighted by molar-refractivity contribution is -0.130. The number of methoxy groups -OCH3 is 1. The predicted octanol–water partition coefficient (Wildman–Crippen LogP) is 2.66. The van der Waals surface area contributed by atoms with E-state index in [4.69, 9.17) is 9.15 Å². The van der Waals surface area contributed by atoms with Crippen molar-refractivity contribution in [1.82, 2.24) is 15.1 Å². The molecule has 0 spiro atoms. The van der Waals surface area contributed by atoms with Gasteiger partial charge in [0.2, 0.25) is 17.7 Å². The van der Waals surface area contributed by atoms with Crippen molar-refractivity contribution in [3.63, 3.8) is 0 Å². The monoisotopic (exact) mass is 331 g/mol. The molecule has 0 fully saturated rings. The lowest BCUT2D eigenvalue weighted by Gasteiger charge is -2.17. The Morgan fingerprint density at radius 2 is 1.67 bits per heavy atom. The molecular formula is C18H25N3O3. The highest BCUT2D eigenvalue weighted by Crippen LogP contribution is 2.13. The van der Waals surface area contributed by atoms with Crippen molar-refractivity contribution < 1.29 is 13.9 Å². The number of nitrogens with zero attached hydrogens (tertiary/aromatic N) is 3. The number of amides is 1. The number of benzene rings is 1. The molecule has 24 heavy (non-hydrogen) atoms. The molecule has 0 radical (unpaired) electrons. The summed E-state index contributed by atoms with van der Waals surface area (Å²) < 4.78 is 10.8. The molecule has 1 aromatic carbocycles. The van der Waals surface area contributed by atoms with Crippen LogP contribution in [0.1, 0.15) is 37.6 Å². The first-order valence-electron chi connectivity index (χ1n) is 8.38. The molecule has 0 aliphatic carbocycles. The standard InChI is InChI=1S/C18H25N3O3/c1-4-21(5-2)18(22)13-12-17-20-19-16(24-17)11-8-14-6-9-15(23-3)10-7-14/h6-7,9-10H,4-5,8,11-13H2,1-3H3. The first-order chi connectivity index (χ1) is 11.7. The Bertz CT molecular complexity index is 633. The van der Waals surface area contributed by atoms with E-state index in [1.54, 1.807) is 12.0 Å². The van der Waals surface area contributed by atoms with Gasteiger partial charge in [-0.15, -0.1) is 10.2 Å². The first kappa shape index (κ1) is 18.0. The van der Waals surface area contributed by atoms with Crippen LogP contribution in [0.4, 0.5) is 0 Å². The van der Waals surface area contributed by atoms with Crippen LogP contribution in [0.5, 0.6) is 5.75 Å². The van der Waals surface area contributed by atoms with Gasteiger partial charge in [-0.2, -0.15) is 0 Å². The van der Waals surface area contributed by atoms with Crippen molar-refractivity contribution in [1.29, 1.82) is 0 Å². The van der Waals surface area contributed by atoms with Gasteiger partial charge in [-0.25, -0.2) is 0 Å². The molecule has 130 valence electrons. The summed E-state index contributed by atoms with van der Waals surface area (Å²) in [6, 6.07) is 7.93. The van der Waals surface area contributed by atoms with Gasteiger partial charge in [0.1, 0.15) is 5.75 Å². The summed E-state index contributed by atoms with van der Waals surface area (Å²) in [5.74, 6) is 2.10. The molecule has 0 N–H and O–H groups in total. The molecule has 1 aromatic heterocycles. The molecular weight excluding hydrogens is 306 g/mol. The molecule has 1 heterocycles. The van der Waals surface area contributed by atoms with E-state index < -0.39 is 0 Å². The Morgan fingerprint density at radius 3 is 2.25 bits per heavy atom. The van der Waals surface area contributed by atoms with Crippen LogP contribution in [0, 0.1) is 0 Å². The van der Waals surface area contributed by atoms with Gasteiger partial charge < -0.3 is 14.1 Å². The summed E-state index contributed by atoms with van der Waals surface area (Å²) in [7, 11) is 1.65. The fraction of sp³-hybridized carbons (Fsp3) is 0.500. The van der Waals surface area contributed by atoms with Crippen molar-refractivity contribution in [2.24, 2.45) is 0 Å². The lowest BCUT2D eigenvalue weighted by atomic mass is 10.1. The van der Waals surface area contributed by atoms with Gasteiger partial charge >= 0.3 is 0 Å². The number of aromatic nitrogens is 2. The number of carbonyl (C=O) groups excluding carboxylic acids is 1. The Kier molecular flexibility index (Phi) is 6.78.